The van der Waals surface area contributed by atoms with E-state index in [0.717, 1.165) is 25.7 Å². The lowest BCUT2D eigenvalue weighted by molar-refractivity contribution is 0.349. The highest BCUT2D eigenvalue weighted by molar-refractivity contribution is 5.61. The smallest absolute Gasteiger partial charge is 0.330 e. The van der Waals surface area contributed by atoms with Gasteiger partial charge in [-0.2, -0.15) is 0 Å². The molecule has 1 unspecified atom stereocenters. The summed E-state index contributed by atoms with van der Waals surface area (Å²) in [7, 11) is 0. The Morgan fingerprint density at radius 3 is 2.70 bits per heavy atom. The molecule has 0 amide bonds. The van der Waals surface area contributed by atoms with E-state index < -0.39 is 11.2 Å². The summed E-state index contributed by atoms with van der Waals surface area (Å²) in [6.07, 6.45) is 4.05. The number of rotatable bonds is 4. The Balaban J connectivity index is 2.39. The first-order valence-electron chi connectivity index (χ1n) is 7.26. The molecule has 4 N–H and O–H groups in total. The maximum atomic E-state index is 12.0. The molecule has 1 saturated carbocycles. The highest BCUT2D eigenvalue weighted by Crippen LogP contribution is 2.39. The molecule has 2 rings (SSSR count). The Morgan fingerprint density at radius 1 is 1.45 bits per heavy atom. The van der Waals surface area contributed by atoms with Gasteiger partial charge in [-0.05, 0) is 24.7 Å². The van der Waals surface area contributed by atoms with Crippen molar-refractivity contribution in [2.45, 2.75) is 59.0 Å². The molecule has 6 heteroatoms. The van der Waals surface area contributed by atoms with Crippen LogP contribution in [0.5, 0.6) is 0 Å². The van der Waals surface area contributed by atoms with Crippen LogP contribution in [0.1, 0.15) is 46.5 Å². The molecular formula is C14H24N4O2. The number of aromatic amines is 1. The predicted molar refractivity (Wildman–Crippen MR) is 81.1 cm³/mol. The fourth-order valence-electron chi connectivity index (χ4n) is 2.94. The molecule has 1 fully saturated rings. The Labute approximate surface area is 118 Å². The van der Waals surface area contributed by atoms with Crippen molar-refractivity contribution in [3.8, 4) is 0 Å². The van der Waals surface area contributed by atoms with Crippen LogP contribution >= 0.6 is 0 Å². The molecule has 0 radical (unpaired) electrons. The molecule has 1 aliphatic rings. The van der Waals surface area contributed by atoms with Gasteiger partial charge in [0.15, 0.2) is 0 Å². The largest absolute Gasteiger partial charge is 0.383 e. The second-order valence-corrected chi connectivity index (χ2v) is 6.25. The average Bonchev–Trinajstić information content (AvgIpc) is 2.69. The number of nitrogens with zero attached hydrogens (tertiary/aromatic N) is 1. The Bertz CT molecular complexity index is 600. The van der Waals surface area contributed by atoms with Gasteiger partial charge in [0, 0.05) is 12.6 Å². The van der Waals surface area contributed by atoms with E-state index >= 15 is 0 Å². The van der Waals surface area contributed by atoms with Crippen LogP contribution in [0.25, 0.3) is 0 Å². The molecule has 112 valence electrons. The first kappa shape index (κ1) is 14.7. The summed E-state index contributed by atoms with van der Waals surface area (Å²) >= 11 is 0. The number of nitrogen functional groups attached to an aromatic ring is 1. The van der Waals surface area contributed by atoms with Crippen molar-refractivity contribution >= 4 is 11.5 Å². The highest BCUT2D eigenvalue weighted by Gasteiger charge is 2.35. The van der Waals surface area contributed by atoms with Gasteiger partial charge < -0.3 is 11.1 Å². The van der Waals surface area contributed by atoms with E-state index in [-0.39, 0.29) is 17.3 Å². The van der Waals surface area contributed by atoms with Gasteiger partial charge in [-0.25, -0.2) is 4.79 Å². The fraction of sp³-hybridized carbons (Fsp3) is 0.714. The second kappa shape index (κ2) is 5.34. The van der Waals surface area contributed by atoms with Crippen LogP contribution < -0.4 is 22.3 Å². The SMILES string of the molecule is CCCn1c(N)c(NC2CCCC2(C)C)c(=O)[nH]c1=O. The number of nitrogens with two attached hydrogens (primary N) is 1. The quantitative estimate of drug-likeness (QED) is 0.779. The lowest BCUT2D eigenvalue weighted by Gasteiger charge is -2.29. The molecule has 1 aromatic heterocycles. The van der Waals surface area contributed by atoms with Crippen molar-refractivity contribution in [3.05, 3.63) is 20.8 Å². The monoisotopic (exact) mass is 280 g/mol. The Morgan fingerprint density at radius 2 is 2.15 bits per heavy atom. The normalized spacial score (nSPS) is 21.1. The first-order valence-corrected chi connectivity index (χ1v) is 7.26. The van der Waals surface area contributed by atoms with Crippen molar-refractivity contribution in [1.29, 1.82) is 0 Å². The fourth-order valence-corrected chi connectivity index (χ4v) is 2.94. The molecule has 20 heavy (non-hydrogen) atoms. The molecule has 1 aromatic rings. The van der Waals surface area contributed by atoms with Crippen LogP contribution in [0.3, 0.4) is 0 Å². The zero-order valence-electron chi connectivity index (χ0n) is 12.5. The van der Waals surface area contributed by atoms with E-state index in [1.807, 2.05) is 6.92 Å². The summed E-state index contributed by atoms with van der Waals surface area (Å²) in [5.41, 5.74) is 5.61. The molecule has 6 nitrogen and oxygen atoms in total. The molecule has 1 aliphatic carbocycles. The number of hydrogen-bond acceptors (Lipinski definition) is 4. The lowest BCUT2D eigenvalue weighted by Crippen LogP contribution is -2.38. The van der Waals surface area contributed by atoms with Gasteiger partial charge in [0.1, 0.15) is 11.5 Å². The Kier molecular flexibility index (Phi) is 3.92. The summed E-state index contributed by atoms with van der Waals surface area (Å²) in [5, 5.41) is 3.27. The van der Waals surface area contributed by atoms with Crippen molar-refractivity contribution in [2.75, 3.05) is 11.1 Å². The zero-order valence-corrected chi connectivity index (χ0v) is 12.5. The standard InChI is InChI=1S/C14H24N4O2/c1-4-8-18-11(15)10(12(19)17-13(18)20)16-9-6-5-7-14(9,2)3/h9,16H,4-8,15H2,1-3H3,(H,17,19,20). The van der Waals surface area contributed by atoms with Gasteiger partial charge in [-0.1, -0.05) is 27.2 Å². The maximum Gasteiger partial charge on any atom is 0.330 e. The minimum absolute atomic E-state index is 0.130. The molecular weight excluding hydrogens is 256 g/mol. The summed E-state index contributed by atoms with van der Waals surface area (Å²) < 4.78 is 1.42. The summed E-state index contributed by atoms with van der Waals surface area (Å²) in [6, 6.07) is 0.207. The van der Waals surface area contributed by atoms with Crippen LogP contribution in [-0.2, 0) is 6.54 Å². The van der Waals surface area contributed by atoms with Crippen molar-refractivity contribution < 1.29 is 0 Å². The van der Waals surface area contributed by atoms with Crippen molar-refractivity contribution in [3.63, 3.8) is 0 Å². The van der Waals surface area contributed by atoms with Gasteiger partial charge in [0.05, 0.1) is 0 Å². The van der Waals surface area contributed by atoms with Gasteiger partial charge in [-0.3, -0.25) is 14.3 Å². The second-order valence-electron chi connectivity index (χ2n) is 6.25. The van der Waals surface area contributed by atoms with E-state index in [4.69, 9.17) is 5.73 Å². The number of hydrogen-bond donors (Lipinski definition) is 3. The van der Waals surface area contributed by atoms with Gasteiger partial charge >= 0.3 is 5.69 Å². The summed E-state index contributed by atoms with van der Waals surface area (Å²) in [4.78, 5) is 26.1. The third-order valence-electron chi connectivity index (χ3n) is 4.26. The highest BCUT2D eigenvalue weighted by atomic mass is 16.2. The molecule has 0 aromatic carbocycles. The van der Waals surface area contributed by atoms with Crippen molar-refractivity contribution in [2.24, 2.45) is 5.41 Å². The van der Waals surface area contributed by atoms with Crippen LogP contribution in [0.4, 0.5) is 11.5 Å². The summed E-state index contributed by atoms with van der Waals surface area (Å²) in [6.45, 7) is 6.84. The molecule has 0 bridgehead atoms. The zero-order chi connectivity index (χ0) is 14.9. The van der Waals surface area contributed by atoms with Crippen LogP contribution in [-0.4, -0.2) is 15.6 Å². The topological polar surface area (TPSA) is 92.9 Å². The van der Waals surface area contributed by atoms with Crippen molar-refractivity contribution in [1.82, 2.24) is 9.55 Å². The minimum atomic E-state index is -0.439. The maximum absolute atomic E-state index is 12.0. The molecule has 1 atom stereocenters. The van der Waals surface area contributed by atoms with Gasteiger partial charge in [-0.15, -0.1) is 0 Å². The average molecular weight is 280 g/mol. The number of anilines is 2. The van der Waals surface area contributed by atoms with Gasteiger partial charge in [0.25, 0.3) is 5.56 Å². The van der Waals surface area contributed by atoms with Crippen LogP contribution in [0.15, 0.2) is 9.59 Å². The van der Waals surface area contributed by atoms with E-state index in [0.29, 0.717) is 12.2 Å². The number of aromatic nitrogens is 2. The molecule has 0 saturated heterocycles. The lowest BCUT2D eigenvalue weighted by atomic mass is 9.87. The first-order chi connectivity index (χ1) is 9.36. The number of nitrogens with one attached hydrogen (secondary N) is 2. The third kappa shape index (κ3) is 2.59. The van der Waals surface area contributed by atoms with E-state index in [1.165, 1.54) is 4.57 Å². The van der Waals surface area contributed by atoms with Crippen LogP contribution in [0, 0.1) is 5.41 Å². The van der Waals surface area contributed by atoms with E-state index in [1.54, 1.807) is 0 Å². The van der Waals surface area contributed by atoms with Crippen LogP contribution in [0.2, 0.25) is 0 Å². The van der Waals surface area contributed by atoms with E-state index in [9.17, 15) is 9.59 Å². The van der Waals surface area contributed by atoms with Gasteiger partial charge in [0.2, 0.25) is 0 Å². The minimum Gasteiger partial charge on any atom is -0.383 e. The van der Waals surface area contributed by atoms with E-state index in [2.05, 4.69) is 24.1 Å². The molecule has 0 spiro atoms. The number of H-pyrrole nitrogens is 1. The predicted octanol–water partition coefficient (Wildman–Crippen LogP) is 1.52. The third-order valence-corrected chi connectivity index (χ3v) is 4.26. The summed E-state index contributed by atoms with van der Waals surface area (Å²) in [5.74, 6) is 0.239. The molecule has 0 aliphatic heterocycles. The Hall–Kier alpha value is -1.72. The molecule has 1 heterocycles.